The minimum absolute atomic E-state index is 0.0874. The van der Waals surface area contributed by atoms with Crippen LogP contribution in [-0.2, 0) is 20.7 Å². The molecule has 0 bridgehead atoms. The molecule has 1 aromatic rings. The summed E-state index contributed by atoms with van der Waals surface area (Å²) in [7, 11) is 2.12. The molecule has 0 spiro atoms. The van der Waals surface area contributed by atoms with Gasteiger partial charge in [0.15, 0.2) is 0 Å². The molecule has 0 aliphatic carbocycles. The highest BCUT2D eigenvalue weighted by atomic mass is 16.7. The average molecular weight is 344 g/mol. The fourth-order valence-electron chi connectivity index (χ4n) is 3.63. The van der Waals surface area contributed by atoms with Gasteiger partial charge in [-0.25, -0.2) is 0 Å². The largest absolute Gasteiger partial charge is 0.462 e. The van der Waals surface area contributed by atoms with E-state index in [1.807, 2.05) is 18.2 Å². The standard InChI is InChI=1S/C20H28N2O3/c1-20(18-14-24-15-25-18,12-16-6-4-3-5-7-16)13-19(23)21-17-8-10-22(2)11-9-17/h3-7,14,17H,8-13,15H2,1-2H3,(H,21,23). The van der Waals surface area contributed by atoms with Gasteiger partial charge in [0, 0.05) is 17.9 Å². The fourth-order valence-corrected chi connectivity index (χ4v) is 3.63. The van der Waals surface area contributed by atoms with Crippen molar-refractivity contribution in [1.29, 1.82) is 0 Å². The molecule has 1 unspecified atom stereocenters. The highest BCUT2D eigenvalue weighted by Gasteiger charge is 2.36. The molecule has 2 heterocycles. The Kier molecular flexibility index (Phi) is 5.63. The van der Waals surface area contributed by atoms with Gasteiger partial charge in [-0.2, -0.15) is 0 Å². The molecule has 1 N–H and O–H groups in total. The van der Waals surface area contributed by atoms with Crippen LogP contribution in [0, 0.1) is 5.41 Å². The van der Waals surface area contributed by atoms with E-state index in [1.165, 1.54) is 5.56 Å². The van der Waals surface area contributed by atoms with Crippen LogP contribution in [0.5, 0.6) is 0 Å². The Morgan fingerprint density at radius 3 is 2.64 bits per heavy atom. The summed E-state index contributed by atoms with van der Waals surface area (Å²) in [5, 5.41) is 3.22. The molecule has 5 heteroatoms. The number of nitrogens with one attached hydrogen (secondary N) is 1. The monoisotopic (exact) mass is 344 g/mol. The zero-order valence-corrected chi connectivity index (χ0v) is 15.2. The number of piperidine rings is 1. The van der Waals surface area contributed by atoms with E-state index in [2.05, 4.69) is 36.3 Å². The fraction of sp³-hybridized carbons (Fsp3) is 0.550. The lowest BCUT2D eigenvalue weighted by Crippen LogP contribution is -2.44. The van der Waals surface area contributed by atoms with Crippen molar-refractivity contribution in [1.82, 2.24) is 10.2 Å². The van der Waals surface area contributed by atoms with E-state index in [0.717, 1.165) is 38.1 Å². The summed E-state index contributed by atoms with van der Waals surface area (Å²) in [6, 6.07) is 10.5. The Balaban J connectivity index is 1.66. The first-order chi connectivity index (χ1) is 12.0. The van der Waals surface area contributed by atoms with Crippen molar-refractivity contribution < 1.29 is 14.3 Å². The number of benzene rings is 1. The quantitative estimate of drug-likeness (QED) is 0.862. The molecule has 0 radical (unpaired) electrons. The minimum Gasteiger partial charge on any atom is -0.462 e. The molecular weight excluding hydrogens is 316 g/mol. The number of allylic oxidation sites excluding steroid dienone is 1. The molecular formula is C20H28N2O3. The zero-order chi connectivity index (χ0) is 17.7. The zero-order valence-electron chi connectivity index (χ0n) is 15.2. The van der Waals surface area contributed by atoms with Gasteiger partial charge in [-0.1, -0.05) is 37.3 Å². The Bertz CT molecular complexity index is 609. The van der Waals surface area contributed by atoms with E-state index in [9.17, 15) is 4.79 Å². The SMILES string of the molecule is CN1CCC(NC(=O)CC(C)(Cc2ccccc2)C2=COCO2)CC1. The summed E-state index contributed by atoms with van der Waals surface area (Å²) in [4.78, 5) is 15.0. The van der Waals surface area contributed by atoms with Gasteiger partial charge in [0.2, 0.25) is 12.7 Å². The molecule has 2 aliphatic heterocycles. The minimum atomic E-state index is -0.409. The van der Waals surface area contributed by atoms with Gasteiger partial charge in [0.05, 0.1) is 0 Å². The lowest BCUT2D eigenvalue weighted by atomic mass is 9.78. The first-order valence-electron chi connectivity index (χ1n) is 9.02. The second-order valence-corrected chi connectivity index (χ2v) is 7.46. The van der Waals surface area contributed by atoms with E-state index >= 15 is 0 Å². The molecule has 5 nitrogen and oxygen atoms in total. The molecule has 1 fully saturated rings. The number of carbonyl (C=O) groups excluding carboxylic acids is 1. The van der Waals surface area contributed by atoms with Crippen LogP contribution in [0.1, 0.15) is 31.7 Å². The summed E-state index contributed by atoms with van der Waals surface area (Å²) >= 11 is 0. The predicted octanol–water partition coefficient (Wildman–Crippen LogP) is 2.68. The number of hydrogen-bond acceptors (Lipinski definition) is 4. The maximum Gasteiger partial charge on any atom is 0.229 e. The highest BCUT2D eigenvalue weighted by Crippen LogP contribution is 2.37. The van der Waals surface area contributed by atoms with E-state index in [-0.39, 0.29) is 18.7 Å². The lowest BCUT2D eigenvalue weighted by molar-refractivity contribution is -0.124. The van der Waals surface area contributed by atoms with Gasteiger partial charge in [0.1, 0.15) is 12.0 Å². The number of rotatable bonds is 6. The summed E-state index contributed by atoms with van der Waals surface area (Å²) in [5.74, 6) is 0.847. The number of carbonyl (C=O) groups is 1. The molecule has 25 heavy (non-hydrogen) atoms. The normalized spacial score (nSPS) is 21.0. The van der Waals surface area contributed by atoms with Crippen molar-refractivity contribution in [3.8, 4) is 0 Å². The van der Waals surface area contributed by atoms with Crippen LogP contribution in [0.25, 0.3) is 0 Å². The van der Waals surface area contributed by atoms with Crippen molar-refractivity contribution in [2.45, 2.75) is 38.6 Å². The number of likely N-dealkylation sites (tertiary alicyclic amines) is 1. The summed E-state index contributed by atoms with van der Waals surface area (Å²) < 4.78 is 10.9. The Morgan fingerprint density at radius 1 is 1.28 bits per heavy atom. The van der Waals surface area contributed by atoms with E-state index in [4.69, 9.17) is 9.47 Å². The maximum atomic E-state index is 12.7. The molecule has 1 aromatic carbocycles. The molecule has 0 aromatic heterocycles. The predicted molar refractivity (Wildman–Crippen MR) is 96.7 cm³/mol. The van der Waals surface area contributed by atoms with Crippen molar-refractivity contribution in [2.24, 2.45) is 5.41 Å². The van der Waals surface area contributed by atoms with E-state index in [0.29, 0.717) is 6.42 Å². The summed E-state index contributed by atoms with van der Waals surface area (Å²) in [6.45, 7) is 4.38. The third-order valence-electron chi connectivity index (χ3n) is 5.14. The maximum absolute atomic E-state index is 12.7. The molecule has 3 rings (SSSR count). The third kappa shape index (κ3) is 4.75. The topological polar surface area (TPSA) is 50.8 Å². The molecule has 2 aliphatic rings. The van der Waals surface area contributed by atoms with E-state index in [1.54, 1.807) is 6.26 Å². The molecule has 0 saturated carbocycles. The van der Waals surface area contributed by atoms with Crippen LogP contribution < -0.4 is 5.32 Å². The first-order valence-corrected chi connectivity index (χ1v) is 9.02. The van der Waals surface area contributed by atoms with Crippen LogP contribution in [0.15, 0.2) is 42.4 Å². The van der Waals surface area contributed by atoms with Crippen molar-refractivity contribution in [3.63, 3.8) is 0 Å². The Morgan fingerprint density at radius 2 is 2.00 bits per heavy atom. The van der Waals surface area contributed by atoms with Crippen molar-refractivity contribution in [3.05, 3.63) is 47.9 Å². The van der Waals surface area contributed by atoms with Crippen LogP contribution in [0.2, 0.25) is 0 Å². The number of amides is 1. The van der Waals surface area contributed by atoms with Crippen LogP contribution in [0.4, 0.5) is 0 Å². The third-order valence-corrected chi connectivity index (χ3v) is 5.14. The molecule has 1 amide bonds. The number of nitrogens with zero attached hydrogens (tertiary/aromatic N) is 1. The van der Waals surface area contributed by atoms with Gasteiger partial charge in [-0.15, -0.1) is 0 Å². The Labute approximate surface area is 150 Å². The summed E-state index contributed by atoms with van der Waals surface area (Å²) in [5.41, 5.74) is 0.779. The van der Waals surface area contributed by atoms with Gasteiger partial charge in [-0.05, 0) is 45.0 Å². The van der Waals surface area contributed by atoms with Crippen LogP contribution in [0.3, 0.4) is 0 Å². The first kappa shape index (κ1) is 17.8. The lowest BCUT2D eigenvalue weighted by Gasteiger charge is -2.32. The van der Waals surface area contributed by atoms with Crippen molar-refractivity contribution >= 4 is 5.91 Å². The second kappa shape index (κ2) is 7.91. The van der Waals surface area contributed by atoms with Gasteiger partial charge < -0.3 is 19.7 Å². The van der Waals surface area contributed by atoms with Gasteiger partial charge in [0.25, 0.3) is 0 Å². The molecule has 136 valence electrons. The van der Waals surface area contributed by atoms with E-state index < -0.39 is 5.41 Å². The van der Waals surface area contributed by atoms with Crippen LogP contribution in [-0.4, -0.2) is 43.8 Å². The molecule has 1 saturated heterocycles. The number of ether oxygens (including phenoxy) is 2. The van der Waals surface area contributed by atoms with Crippen molar-refractivity contribution in [2.75, 3.05) is 26.9 Å². The summed E-state index contributed by atoms with van der Waals surface area (Å²) in [6.07, 6.45) is 4.82. The number of hydrogen-bond donors (Lipinski definition) is 1. The average Bonchev–Trinajstić information content (AvgIpc) is 3.13. The smallest absolute Gasteiger partial charge is 0.229 e. The van der Waals surface area contributed by atoms with Gasteiger partial charge >= 0.3 is 0 Å². The second-order valence-electron chi connectivity index (χ2n) is 7.46. The van der Waals surface area contributed by atoms with Gasteiger partial charge in [-0.3, -0.25) is 4.79 Å². The Hall–Kier alpha value is -2.01. The van der Waals surface area contributed by atoms with Crippen LogP contribution >= 0.6 is 0 Å². The molecule has 1 atom stereocenters. The highest BCUT2D eigenvalue weighted by molar-refractivity contribution is 5.77.